The molecular weight excluding hydrogens is 320 g/mol. The van der Waals surface area contributed by atoms with Gasteiger partial charge in [0.1, 0.15) is 11.5 Å². The highest BCUT2D eigenvalue weighted by Gasteiger charge is 2.14. The fourth-order valence-corrected chi connectivity index (χ4v) is 2.71. The molecule has 0 saturated heterocycles. The molecule has 24 heavy (non-hydrogen) atoms. The summed E-state index contributed by atoms with van der Waals surface area (Å²) < 4.78 is 10.5. The van der Waals surface area contributed by atoms with Crippen LogP contribution in [0.4, 0.5) is 0 Å². The molecule has 2 aromatic rings. The van der Waals surface area contributed by atoms with Gasteiger partial charge >= 0.3 is 0 Å². The molecule has 0 saturated carbocycles. The molecule has 0 amide bonds. The highest BCUT2D eigenvalue weighted by Crippen LogP contribution is 2.31. The van der Waals surface area contributed by atoms with E-state index in [2.05, 4.69) is 36.4 Å². The standard InChI is InChI=1S/C21H25ClO2/c1-21(2,22)15-5-6-20(16-7-11-18(23-3)12-8-16)17-9-13-19(24-4)14-10-17/h5,7-15,20H,6H2,1-4H3/b15-5+. The van der Waals surface area contributed by atoms with Crippen LogP contribution in [0.1, 0.15) is 37.3 Å². The van der Waals surface area contributed by atoms with Crippen molar-refractivity contribution in [3.8, 4) is 11.5 Å². The number of rotatable bonds is 7. The minimum Gasteiger partial charge on any atom is -0.497 e. The molecule has 0 fully saturated rings. The second kappa shape index (κ2) is 8.25. The quantitative estimate of drug-likeness (QED) is 0.467. The lowest BCUT2D eigenvalue weighted by atomic mass is 9.88. The zero-order valence-corrected chi connectivity index (χ0v) is 15.5. The van der Waals surface area contributed by atoms with Crippen LogP contribution in [-0.4, -0.2) is 19.1 Å². The zero-order valence-electron chi connectivity index (χ0n) is 14.8. The van der Waals surface area contributed by atoms with Crippen molar-refractivity contribution >= 4 is 11.6 Å². The molecule has 0 atom stereocenters. The van der Waals surface area contributed by atoms with E-state index in [1.54, 1.807) is 14.2 Å². The number of benzene rings is 2. The van der Waals surface area contributed by atoms with Gasteiger partial charge in [-0.3, -0.25) is 0 Å². The van der Waals surface area contributed by atoms with Crippen molar-refractivity contribution < 1.29 is 9.47 Å². The van der Waals surface area contributed by atoms with Crippen molar-refractivity contribution in [1.29, 1.82) is 0 Å². The van der Waals surface area contributed by atoms with Crippen LogP contribution < -0.4 is 9.47 Å². The predicted octanol–water partition coefficient (Wildman–Crippen LogP) is 5.80. The van der Waals surface area contributed by atoms with Gasteiger partial charge < -0.3 is 9.47 Å². The van der Waals surface area contributed by atoms with E-state index in [1.165, 1.54) is 11.1 Å². The third-order valence-electron chi connectivity index (χ3n) is 3.92. The van der Waals surface area contributed by atoms with Crippen LogP contribution in [0.3, 0.4) is 0 Å². The number of alkyl halides is 1. The molecule has 0 N–H and O–H groups in total. The van der Waals surface area contributed by atoms with Crippen LogP contribution >= 0.6 is 11.6 Å². The summed E-state index contributed by atoms with van der Waals surface area (Å²) >= 11 is 6.27. The highest BCUT2D eigenvalue weighted by atomic mass is 35.5. The molecule has 0 heterocycles. The van der Waals surface area contributed by atoms with Gasteiger partial charge in [-0.2, -0.15) is 0 Å². The first-order valence-corrected chi connectivity index (χ1v) is 8.45. The van der Waals surface area contributed by atoms with Gasteiger partial charge in [0, 0.05) is 5.92 Å². The fourth-order valence-electron chi connectivity index (χ4n) is 2.62. The molecule has 2 nitrogen and oxygen atoms in total. The molecular formula is C21H25ClO2. The summed E-state index contributed by atoms with van der Waals surface area (Å²) in [4.78, 5) is -0.329. The first-order chi connectivity index (χ1) is 11.4. The molecule has 0 bridgehead atoms. The van der Waals surface area contributed by atoms with Crippen LogP contribution in [0.25, 0.3) is 0 Å². The average Bonchev–Trinajstić information content (AvgIpc) is 2.58. The Kier molecular flexibility index (Phi) is 6.33. The normalized spacial score (nSPS) is 11.9. The minimum atomic E-state index is -0.329. The summed E-state index contributed by atoms with van der Waals surface area (Å²) in [7, 11) is 3.36. The van der Waals surface area contributed by atoms with Crippen LogP contribution in [0, 0.1) is 0 Å². The molecule has 0 unspecified atom stereocenters. The Balaban J connectivity index is 2.30. The van der Waals surface area contributed by atoms with E-state index in [9.17, 15) is 0 Å². The second-order valence-electron chi connectivity index (χ2n) is 6.30. The molecule has 0 aliphatic heterocycles. The van der Waals surface area contributed by atoms with Crippen molar-refractivity contribution in [3.05, 3.63) is 71.8 Å². The van der Waals surface area contributed by atoms with Crippen molar-refractivity contribution in [3.63, 3.8) is 0 Å². The maximum atomic E-state index is 6.27. The van der Waals surface area contributed by atoms with Gasteiger partial charge in [-0.05, 0) is 55.7 Å². The molecule has 0 aliphatic rings. The van der Waals surface area contributed by atoms with Gasteiger partial charge in [0.05, 0.1) is 19.1 Å². The molecule has 0 spiro atoms. The zero-order chi connectivity index (χ0) is 17.6. The topological polar surface area (TPSA) is 18.5 Å². The van der Waals surface area contributed by atoms with E-state index in [0.717, 1.165) is 17.9 Å². The minimum absolute atomic E-state index is 0.261. The molecule has 2 aromatic carbocycles. The third-order valence-corrected chi connectivity index (χ3v) is 4.05. The molecule has 2 rings (SSSR count). The lowest BCUT2D eigenvalue weighted by Crippen LogP contribution is -2.05. The Bertz CT molecular complexity index is 604. The van der Waals surface area contributed by atoms with Gasteiger partial charge in [-0.15, -0.1) is 11.6 Å². The largest absolute Gasteiger partial charge is 0.497 e. The summed E-state index contributed by atoms with van der Waals surface area (Å²) in [5.41, 5.74) is 2.50. The number of hydrogen-bond acceptors (Lipinski definition) is 2. The summed E-state index contributed by atoms with van der Waals surface area (Å²) in [6.07, 6.45) is 5.09. The third kappa shape index (κ3) is 5.31. The van der Waals surface area contributed by atoms with E-state index >= 15 is 0 Å². The molecule has 3 heteroatoms. The van der Waals surface area contributed by atoms with Crippen molar-refractivity contribution in [2.24, 2.45) is 0 Å². The summed E-state index contributed by atoms with van der Waals surface area (Å²) in [5.74, 6) is 1.99. The summed E-state index contributed by atoms with van der Waals surface area (Å²) in [6, 6.07) is 16.5. The van der Waals surface area contributed by atoms with E-state index in [0.29, 0.717) is 0 Å². The lowest BCUT2D eigenvalue weighted by Gasteiger charge is -2.18. The number of ether oxygens (including phenoxy) is 2. The number of halogens is 1. The van der Waals surface area contributed by atoms with Gasteiger partial charge in [-0.1, -0.05) is 36.4 Å². The van der Waals surface area contributed by atoms with Crippen LogP contribution in [0.2, 0.25) is 0 Å². The Labute approximate surface area is 150 Å². The first kappa shape index (κ1) is 18.4. The van der Waals surface area contributed by atoms with E-state index in [-0.39, 0.29) is 10.8 Å². The Morgan fingerprint density at radius 2 is 1.29 bits per heavy atom. The monoisotopic (exact) mass is 344 g/mol. The van der Waals surface area contributed by atoms with E-state index in [1.807, 2.05) is 38.1 Å². The van der Waals surface area contributed by atoms with Crippen molar-refractivity contribution in [2.75, 3.05) is 14.2 Å². The molecule has 0 radical (unpaired) electrons. The second-order valence-corrected chi connectivity index (χ2v) is 7.28. The van der Waals surface area contributed by atoms with Crippen LogP contribution in [0.15, 0.2) is 60.7 Å². The smallest absolute Gasteiger partial charge is 0.118 e. The maximum Gasteiger partial charge on any atom is 0.118 e. The fraction of sp³-hybridized carbons (Fsp3) is 0.333. The Morgan fingerprint density at radius 1 is 0.875 bits per heavy atom. The van der Waals surface area contributed by atoms with Crippen LogP contribution in [-0.2, 0) is 0 Å². The first-order valence-electron chi connectivity index (χ1n) is 8.07. The highest BCUT2D eigenvalue weighted by molar-refractivity contribution is 6.24. The number of hydrogen-bond donors (Lipinski definition) is 0. The SMILES string of the molecule is COc1ccc(C(C/C=C/C(C)(C)Cl)c2ccc(OC)cc2)cc1. The molecule has 0 aromatic heterocycles. The number of allylic oxidation sites excluding steroid dienone is 2. The maximum absolute atomic E-state index is 6.27. The number of methoxy groups -OCH3 is 2. The summed E-state index contributed by atoms with van der Waals surface area (Å²) in [5, 5.41) is 0. The summed E-state index contributed by atoms with van der Waals surface area (Å²) in [6.45, 7) is 3.97. The van der Waals surface area contributed by atoms with Gasteiger partial charge in [-0.25, -0.2) is 0 Å². The van der Waals surface area contributed by atoms with E-state index < -0.39 is 0 Å². The predicted molar refractivity (Wildman–Crippen MR) is 102 cm³/mol. The van der Waals surface area contributed by atoms with Crippen LogP contribution in [0.5, 0.6) is 11.5 Å². The van der Waals surface area contributed by atoms with Gasteiger partial charge in [0.25, 0.3) is 0 Å². The Hall–Kier alpha value is -1.93. The lowest BCUT2D eigenvalue weighted by molar-refractivity contribution is 0.414. The average molecular weight is 345 g/mol. The molecule has 128 valence electrons. The van der Waals surface area contributed by atoms with Crippen molar-refractivity contribution in [1.82, 2.24) is 0 Å². The van der Waals surface area contributed by atoms with Crippen molar-refractivity contribution in [2.45, 2.75) is 31.1 Å². The Morgan fingerprint density at radius 3 is 1.62 bits per heavy atom. The van der Waals surface area contributed by atoms with E-state index in [4.69, 9.17) is 21.1 Å². The molecule has 0 aliphatic carbocycles. The van der Waals surface area contributed by atoms with Gasteiger partial charge in [0.15, 0.2) is 0 Å². The van der Waals surface area contributed by atoms with Gasteiger partial charge in [0.2, 0.25) is 0 Å².